The van der Waals surface area contributed by atoms with Gasteiger partial charge in [-0.1, -0.05) is 6.92 Å². The summed E-state index contributed by atoms with van der Waals surface area (Å²) >= 11 is 1.60. The van der Waals surface area contributed by atoms with Crippen molar-refractivity contribution in [1.29, 1.82) is 0 Å². The number of hydrogen-bond acceptors (Lipinski definition) is 5. The first-order valence-corrected chi connectivity index (χ1v) is 9.62. The van der Waals surface area contributed by atoms with Gasteiger partial charge in [0.2, 0.25) is 5.91 Å². The minimum Gasteiger partial charge on any atom is -0.375 e. The highest BCUT2D eigenvalue weighted by atomic mass is 32.1. The zero-order valence-corrected chi connectivity index (χ0v) is 16.8. The number of guanidine groups is 1. The number of carbonyl (C=O) groups excluding carboxylic acids is 1. The lowest BCUT2D eigenvalue weighted by Crippen LogP contribution is -2.38. The van der Waals surface area contributed by atoms with Crippen LogP contribution >= 0.6 is 11.3 Å². The first kappa shape index (κ1) is 21.4. The van der Waals surface area contributed by atoms with Crippen molar-refractivity contribution in [3.8, 4) is 0 Å². The number of amides is 1. The molecule has 0 saturated heterocycles. The van der Waals surface area contributed by atoms with Gasteiger partial charge in [-0.05, 0) is 20.3 Å². The Morgan fingerprint density at radius 2 is 2.20 bits per heavy atom. The summed E-state index contributed by atoms with van der Waals surface area (Å²) in [6, 6.07) is 0. The number of ether oxygens (including phenoxy) is 1. The summed E-state index contributed by atoms with van der Waals surface area (Å²) in [6.45, 7) is 8.66. The second-order valence-corrected chi connectivity index (χ2v) is 6.64. The van der Waals surface area contributed by atoms with E-state index in [-0.39, 0.29) is 12.0 Å². The summed E-state index contributed by atoms with van der Waals surface area (Å²) in [5, 5.41) is 9.14. The van der Waals surface area contributed by atoms with Crippen molar-refractivity contribution in [2.45, 2.75) is 46.3 Å². The minimum absolute atomic E-state index is 0.00703. The molecule has 1 heterocycles. The zero-order chi connectivity index (χ0) is 18.7. The zero-order valence-electron chi connectivity index (χ0n) is 16.0. The number of nitrogens with one attached hydrogen (secondary N) is 2. The van der Waals surface area contributed by atoms with Crippen molar-refractivity contribution in [2.75, 3.05) is 33.8 Å². The summed E-state index contributed by atoms with van der Waals surface area (Å²) in [6.07, 6.45) is 1.35. The van der Waals surface area contributed by atoms with Crippen molar-refractivity contribution in [1.82, 2.24) is 20.5 Å². The highest BCUT2D eigenvalue weighted by molar-refractivity contribution is 7.09. The fourth-order valence-corrected chi connectivity index (χ4v) is 2.93. The van der Waals surface area contributed by atoms with Gasteiger partial charge < -0.3 is 20.3 Å². The predicted molar refractivity (Wildman–Crippen MR) is 103 cm³/mol. The van der Waals surface area contributed by atoms with Crippen LogP contribution in [0.4, 0.5) is 0 Å². The molecule has 25 heavy (non-hydrogen) atoms. The first-order chi connectivity index (χ1) is 12.0. The van der Waals surface area contributed by atoms with Gasteiger partial charge in [-0.3, -0.25) is 9.79 Å². The van der Waals surface area contributed by atoms with Crippen LogP contribution < -0.4 is 10.6 Å². The van der Waals surface area contributed by atoms with Crippen LogP contribution in [0.25, 0.3) is 0 Å². The van der Waals surface area contributed by atoms with E-state index in [2.05, 4.69) is 20.6 Å². The standard InChI is InChI=1S/C17H31N5O2S/c1-6-9-19-15(23)8-10-20-17(18-7-2)22(4)11-14-12-25-16(21-14)13(3)24-5/h12-13H,6-11H2,1-5H3,(H,18,20)(H,19,23). The van der Waals surface area contributed by atoms with Gasteiger partial charge in [0.15, 0.2) is 5.96 Å². The third-order valence-corrected chi connectivity index (χ3v) is 4.59. The summed E-state index contributed by atoms with van der Waals surface area (Å²) < 4.78 is 5.30. The highest BCUT2D eigenvalue weighted by Crippen LogP contribution is 2.20. The van der Waals surface area contributed by atoms with Gasteiger partial charge in [0.05, 0.1) is 18.8 Å². The smallest absolute Gasteiger partial charge is 0.221 e. The molecule has 0 aliphatic carbocycles. The molecule has 0 aliphatic heterocycles. The van der Waals surface area contributed by atoms with Crippen molar-refractivity contribution >= 4 is 23.2 Å². The largest absolute Gasteiger partial charge is 0.375 e. The molecule has 0 aliphatic rings. The quantitative estimate of drug-likeness (QED) is 0.488. The highest BCUT2D eigenvalue weighted by Gasteiger charge is 2.12. The summed E-state index contributed by atoms with van der Waals surface area (Å²) in [7, 11) is 3.65. The van der Waals surface area contributed by atoms with Gasteiger partial charge in [0, 0.05) is 39.0 Å². The molecule has 0 spiro atoms. The number of methoxy groups -OCH3 is 1. The Kier molecular flexibility index (Phi) is 10.1. The molecular weight excluding hydrogens is 338 g/mol. The lowest BCUT2D eigenvalue weighted by Gasteiger charge is -2.21. The van der Waals surface area contributed by atoms with Crippen LogP contribution in [0.3, 0.4) is 0 Å². The van der Waals surface area contributed by atoms with E-state index in [0.29, 0.717) is 26.1 Å². The average Bonchev–Trinajstić information content (AvgIpc) is 3.06. The SMILES string of the molecule is CCCNC(=O)CCN=C(NCC)N(C)Cc1csc(C(C)OC)n1. The van der Waals surface area contributed by atoms with Gasteiger partial charge in [0.25, 0.3) is 0 Å². The average molecular weight is 370 g/mol. The molecule has 1 atom stereocenters. The van der Waals surface area contributed by atoms with Crippen LogP contribution in [0.1, 0.15) is 50.4 Å². The minimum atomic E-state index is 0.00703. The predicted octanol–water partition coefficient (Wildman–Crippen LogP) is 2.16. The maximum atomic E-state index is 11.7. The first-order valence-electron chi connectivity index (χ1n) is 8.75. The Morgan fingerprint density at radius 3 is 2.84 bits per heavy atom. The van der Waals surface area contributed by atoms with E-state index < -0.39 is 0 Å². The number of hydrogen-bond donors (Lipinski definition) is 2. The number of rotatable bonds is 10. The molecule has 0 radical (unpaired) electrons. The third-order valence-electron chi connectivity index (χ3n) is 3.54. The monoisotopic (exact) mass is 369 g/mol. The number of nitrogens with zero attached hydrogens (tertiary/aromatic N) is 3. The van der Waals surface area contributed by atoms with Crippen LogP contribution in [-0.4, -0.2) is 55.5 Å². The van der Waals surface area contributed by atoms with Gasteiger partial charge in [-0.25, -0.2) is 4.98 Å². The van der Waals surface area contributed by atoms with Crippen LogP contribution in [0.2, 0.25) is 0 Å². The maximum absolute atomic E-state index is 11.7. The molecule has 0 bridgehead atoms. The molecule has 0 fully saturated rings. The molecule has 2 N–H and O–H groups in total. The Balaban J connectivity index is 2.59. The van der Waals surface area contributed by atoms with Crippen molar-refractivity contribution in [3.63, 3.8) is 0 Å². The molecule has 1 amide bonds. The molecule has 142 valence electrons. The van der Waals surface area contributed by atoms with Crippen molar-refractivity contribution in [3.05, 3.63) is 16.1 Å². The van der Waals surface area contributed by atoms with E-state index in [1.54, 1.807) is 18.4 Å². The van der Waals surface area contributed by atoms with E-state index in [1.165, 1.54) is 0 Å². The molecule has 1 rings (SSSR count). The normalized spacial score (nSPS) is 12.8. The molecule has 1 aromatic rings. The van der Waals surface area contributed by atoms with Gasteiger partial charge in [0.1, 0.15) is 11.1 Å². The molecule has 8 heteroatoms. The lowest BCUT2D eigenvalue weighted by atomic mass is 10.4. The van der Waals surface area contributed by atoms with Crippen LogP contribution in [-0.2, 0) is 16.1 Å². The number of carbonyl (C=O) groups is 1. The van der Waals surface area contributed by atoms with Crippen molar-refractivity contribution in [2.24, 2.45) is 4.99 Å². The molecule has 0 saturated carbocycles. The second kappa shape index (κ2) is 11.8. The Morgan fingerprint density at radius 1 is 1.44 bits per heavy atom. The molecule has 1 unspecified atom stereocenters. The molecule has 0 aromatic carbocycles. The Labute approximate surface area is 154 Å². The van der Waals surface area contributed by atoms with Gasteiger partial charge >= 0.3 is 0 Å². The number of thiazole rings is 1. The summed E-state index contributed by atoms with van der Waals surface area (Å²) in [5.41, 5.74) is 0.984. The number of aromatic nitrogens is 1. The van der Waals surface area contributed by atoms with Gasteiger partial charge in [-0.15, -0.1) is 11.3 Å². The number of aliphatic imine (C=N–C) groups is 1. The molecule has 1 aromatic heterocycles. The fourth-order valence-electron chi connectivity index (χ4n) is 2.09. The Bertz CT molecular complexity index is 547. The molecule has 7 nitrogen and oxygen atoms in total. The van der Waals surface area contributed by atoms with Gasteiger partial charge in [-0.2, -0.15) is 0 Å². The van der Waals surface area contributed by atoms with Crippen LogP contribution in [0.5, 0.6) is 0 Å². The maximum Gasteiger partial charge on any atom is 0.221 e. The van der Waals surface area contributed by atoms with E-state index >= 15 is 0 Å². The summed E-state index contributed by atoms with van der Waals surface area (Å²) in [4.78, 5) is 22.8. The van der Waals surface area contributed by atoms with Crippen molar-refractivity contribution < 1.29 is 9.53 Å². The van der Waals surface area contributed by atoms with E-state index in [4.69, 9.17) is 4.74 Å². The van der Waals surface area contributed by atoms with E-state index in [9.17, 15) is 4.79 Å². The Hall–Kier alpha value is -1.67. The lowest BCUT2D eigenvalue weighted by molar-refractivity contribution is -0.120. The van der Waals surface area contributed by atoms with Crippen LogP contribution in [0, 0.1) is 0 Å². The third kappa shape index (κ3) is 7.83. The van der Waals surface area contributed by atoms with E-state index in [0.717, 1.165) is 29.6 Å². The topological polar surface area (TPSA) is 78.9 Å². The van der Waals surface area contributed by atoms with Crippen LogP contribution in [0.15, 0.2) is 10.4 Å². The van der Waals surface area contributed by atoms with E-state index in [1.807, 2.05) is 38.1 Å². The second-order valence-electron chi connectivity index (χ2n) is 5.75. The summed E-state index contributed by atoms with van der Waals surface area (Å²) in [5.74, 6) is 0.821. The molecular formula is C17H31N5O2S. The fraction of sp³-hybridized carbons (Fsp3) is 0.706.